The first kappa shape index (κ1) is 15.2. The summed E-state index contributed by atoms with van der Waals surface area (Å²) in [7, 11) is 0. The summed E-state index contributed by atoms with van der Waals surface area (Å²) in [5, 5.41) is 2.59. The Labute approximate surface area is 134 Å². The Kier molecular flexibility index (Phi) is 5.21. The molecular formula is C17H20N2O2S. The lowest BCUT2D eigenvalue weighted by Gasteiger charge is -2.13. The van der Waals surface area contributed by atoms with Crippen molar-refractivity contribution in [2.45, 2.75) is 12.8 Å². The van der Waals surface area contributed by atoms with Crippen LogP contribution in [0.1, 0.15) is 18.4 Å². The van der Waals surface area contributed by atoms with Crippen molar-refractivity contribution in [3.8, 4) is 11.3 Å². The number of aromatic nitrogens is 1. The number of benzene rings is 1. The van der Waals surface area contributed by atoms with Crippen LogP contribution in [0.4, 0.5) is 5.13 Å². The summed E-state index contributed by atoms with van der Waals surface area (Å²) in [5.74, 6) is 0. The van der Waals surface area contributed by atoms with Gasteiger partial charge in [-0.15, -0.1) is 11.3 Å². The van der Waals surface area contributed by atoms with Gasteiger partial charge in [0, 0.05) is 24.2 Å². The highest BCUT2D eigenvalue weighted by atomic mass is 32.1. The topological polar surface area (TPSA) is 57.4 Å². The largest absolute Gasteiger partial charge is 0.381 e. The molecule has 0 amide bonds. The zero-order valence-electron chi connectivity index (χ0n) is 12.5. The van der Waals surface area contributed by atoms with E-state index in [1.165, 1.54) is 22.5 Å². The van der Waals surface area contributed by atoms with Crippen LogP contribution in [0.15, 0.2) is 35.7 Å². The van der Waals surface area contributed by atoms with Gasteiger partial charge in [0.1, 0.15) is 0 Å². The smallest absolute Gasteiger partial charge is 0.180 e. The molecule has 0 aliphatic carbocycles. The first-order valence-corrected chi connectivity index (χ1v) is 8.37. The van der Waals surface area contributed by atoms with Gasteiger partial charge in [0.15, 0.2) is 5.13 Å². The van der Waals surface area contributed by atoms with Gasteiger partial charge in [0.05, 0.1) is 18.9 Å². The Hall–Kier alpha value is -1.69. The minimum absolute atomic E-state index is 0.597. The number of rotatable bonds is 2. The van der Waals surface area contributed by atoms with Crippen LogP contribution in [0.25, 0.3) is 16.8 Å². The normalized spacial score (nSPS) is 19.4. The number of anilines is 1. The predicted molar refractivity (Wildman–Crippen MR) is 90.8 cm³/mol. The molecule has 0 unspecified atom stereocenters. The Morgan fingerprint density at radius 1 is 1.09 bits per heavy atom. The number of hydrogen-bond donors (Lipinski definition) is 1. The molecule has 0 saturated heterocycles. The molecule has 1 aliphatic heterocycles. The summed E-state index contributed by atoms with van der Waals surface area (Å²) >= 11 is 1.46. The zero-order chi connectivity index (χ0) is 15.2. The van der Waals surface area contributed by atoms with Crippen LogP contribution < -0.4 is 5.73 Å². The standard InChI is InChI=1S/C17H20N2O2S/c18-17-19-16(12-22-17)15-4-1-3-14(11-15)13-5-9-20-7-2-8-21-10-6-13/h1,3-5,11-12H,2,6-10H2,(H2,18,19)/b13-5+. The maximum atomic E-state index is 5.73. The summed E-state index contributed by atoms with van der Waals surface area (Å²) in [5.41, 5.74) is 10.2. The van der Waals surface area contributed by atoms with Gasteiger partial charge in [-0.1, -0.05) is 24.3 Å². The number of hydrogen-bond acceptors (Lipinski definition) is 5. The molecule has 0 fully saturated rings. The Bertz CT molecular complexity index is 652. The molecule has 5 heteroatoms. The summed E-state index contributed by atoms with van der Waals surface area (Å²) in [6, 6.07) is 8.40. The molecule has 0 radical (unpaired) electrons. The van der Waals surface area contributed by atoms with Gasteiger partial charge >= 0.3 is 0 Å². The highest BCUT2D eigenvalue weighted by Crippen LogP contribution is 2.27. The van der Waals surface area contributed by atoms with E-state index in [1.54, 1.807) is 0 Å². The minimum Gasteiger partial charge on any atom is -0.381 e. The second-order valence-electron chi connectivity index (χ2n) is 5.17. The SMILES string of the molecule is Nc1nc(-c2cccc(/C3=C/COCCCOCC3)c2)cs1. The molecule has 0 bridgehead atoms. The van der Waals surface area contributed by atoms with E-state index in [0.29, 0.717) is 11.7 Å². The average molecular weight is 316 g/mol. The molecule has 1 aliphatic rings. The van der Waals surface area contributed by atoms with Crippen molar-refractivity contribution in [1.82, 2.24) is 4.98 Å². The molecule has 2 N–H and O–H groups in total. The van der Waals surface area contributed by atoms with Crippen molar-refractivity contribution in [2.75, 3.05) is 32.2 Å². The van der Waals surface area contributed by atoms with Gasteiger partial charge in [-0.2, -0.15) is 0 Å². The number of thiazole rings is 1. The van der Waals surface area contributed by atoms with Crippen LogP contribution in [0, 0.1) is 0 Å². The van der Waals surface area contributed by atoms with E-state index in [4.69, 9.17) is 15.2 Å². The van der Waals surface area contributed by atoms with Crippen molar-refractivity contribution in [1.29, 1.82) is 0 Å². The summed E-state index contributed by atoms with van der Waals surface area (Å²) < 4.78 is 11.2. The van der Waals surface area contributed by atoms with Crippen LogP contribution in [0.2, 0.25) is 0 Å². The van der Waals surface area contributed by atoms with E-state index in [9.17, 15) is 0 Å². The zero-order valence-corrected chi connectivity index (χ0v) is 13.3. The van der Waals surface area contributed by atoms with Crippen molar-refractivity contribution in [2.24, 2.45) is 0 Å². The van der Waals surface area contributed by atoms with Crippen LogP contribution in [0.3, 0.4) is 0 Å². The van der Waals surface area contributed by atoms with Crippen molar-refractivity contribution in [3.63, 3.8) is 0 Å². The van der Waals surface area contributed by atoms with Crippen molar-refractivity contribution >= 4 is 22.0 Å². The van der Waals surface area contributed by atoms with Gasteiger partial charge in [0.2, 0.25) is 0 Å². The van der Waals surface area contributed by atoms with Gasteiger partial charge in [-0.25, -0.2) is 4.98 Å². The lowest BCUT2D eigenvalue weighted by Crippen LogP contribution is -2.06. The first-order valence-electron chi connectivity index (χ1n) is 7.49. The number of nitrogens with two attached hydrogens (primary N) is 1. The molecule has 0 spiro atoms. The highest BCUT2D eigenvalue weighted by Gasteiger charge is 2.07. The van der Waals surface area contributed by atoms with Crippen LogP contribution in [0.5, 0.6) is 0 Å². The predicted octanol–water partition coefficient (Wildman–Crippen LogP) is 3.60. The van der Waals surface area contributed by atoms with E-state index in [2.05, 4.69) is 35.3 Å². The molecule has 0 atom stereocenters. The van der Waals surface area contributed by atoms with Gasteiger partial charge in [-0.05, 0) is 30.0 Å². The van der Waals surface area contributed by atoms with E-state index in [0.717, 1.165) is 43.9 Å². The Morgan fingerprint density at radius 3 is 2.82 bits per heavy atom. The lowest BCUT2D eigenvalue weighted by molar-refractivity contribution is 0.0931. The van der Waals surface area contributed by atoms with Crippen LogP contribution >= 0.6 is 11.3 Å². The molecule has 4 nitrogen and oxygen atoms in total. The molecule has 1 aromatic heterocycles. The fraction of sp³-hybridized carbons (Fsp3) is 0.353. The second kappa shape index (κ2) is 7.54. The third-order valence-electron chi connectivity index (χ3n) is 3.59. The monoisotopic (exact) mass is 316 g/mol. The van der Waals surface area contributed by atoms with Gasteiger partial charge < -0.3 is 15.2 Å². The van der Waals surface area contributed by atoms with E-state index < -0.39 is 0 Å². The molecular weight excluding hydrogens is 296 g/mol. The van der Waals surface area contributed by atoms with Gasteiger partial charge in [-0.3, -0.25) is 0 Å². The number of nitrogen functional groups attached to an aromatic ring is 1. The summed E-state index contributed by atoms with van der Waals surface area (Å²) in [4.78, 5) is 4.36. The maximum Gasteiger partial charge on any atom is 0.180 e. The lowest BCUT2D eigenvalue weighted by atomic mass is 9.99. The fourth-order valence-corrected chi connectivity index (χ4v) is 3.03. The first-order chi connectivity index (χ1) is 10.8. The minimum atomic E-state index is 0.597. The van der Waals surface area contributed by atoms with E-state index >= 15 is 0 Å². The van der Waals surface area contributed by atoms with E-state index in [-0.39, 0.29) is 0 Å². The quantitative estimate of drug-likeness (QED) is 0.919. The van der Waals surface area contributed by atoms with Crippen LogP contribution in [-0.2, 0) is 9.47 Å². The summed E-state index contributed by atoms with van der Waals surface area (Å²) in [6.45, 7) is 2.93. The molecule has 2 heterocycles. The third kappa shape index (κ3) is 3.94. The molecule has 22 heavy (non-hydrogen) atoms. The average Bonchev–Trinajstić information content (AvgIpc) is 2.99. The number of nitrogens with zero attached hydrogens (tertiary/aromatic N) is 1. The number of ether oxygens (including phenoxy) is 2. The van der Waals surface area contributed by atoms with E-state index in [1.807, 2.05) is 5.38 Å². The Balaban J connectivity index is 1.84. The molecule has 2 aromatic rings. The summed E-state index contributed by atoms with van der Waals surface area (Å²) in [6.07, 6.45) is 4.01. The molecule has 0 saturated carbocycles. The third-order valence-corrected chi connectivity index (χ3v) is 4.27. The molecule has 1 aromatic carbocycles. The van der Waals surface area contributed by atoms with Crippen molar-refractivity contribution in [3.05, 3.63) is 41.3 Å². The van der Waals surface area contributed by atoms with Crippen LogP contribution in [-0.4, -0.2) is 31.4 Å². The molecule has 3 rings (SSSR count). The maximum absolute atomic E-state index is 5.73. The molecule has 116 valence electrons. The Morgan fingerprint density at radius 2 is 1.95 bits per heavy atom. The fourth-order valence-electron chi connectivity index (χ4n) is 2.45. The van der Waals surface area contributed by atoms with Gasteiger partial charge in [0.25, 0.3) is 0 Å². The van der Waals surface area contributed by atoms with Crippen molar-refractivity contribution < 1.29 is 9.47 Å². The highest BCUT2D eigenvalue weighted by molar-refractivity contribution is 7.13. The second-order valence-corrected chi connectivity index (χ2v) is 6.06.